The molecule has 0 heterocycles. The SMILES string of the molecule is C=CCN(CC)C(=O)NCC1(CC(=O)O)CCC1. The number of likely N-dealkylation sites (N-methyl/N-ethyl adjacent to an activating group) is 1. The van der Waals surface area contributed by atoms with Gasteiger partial charge in [-0.25, -0.2) is 4.79 Å². The minimum absolute atomic E-state index is 0.140. The van der Waals surface area contributed by atoms with Crippen molar-refractivity contribution in [2.45, 2.75) is 32.6 Å². The van der Waals surface area contributed by atoms with E-state index in [0.29, 0.717) is 19.6 Å². The lowest BCUT2D eigenvalue weighted by molar-refractivity contribution is -0.141. The predicted octanol–water partition coefficient (Wildman–Crippen LogP) is 1.85. The topological polar surface area (TPSA) is 69.6 Å². The van der Waals surface area contributed by atoms with Crippen molar-refractivity contribution in [2.24, 2.45) is 5.41 Å². The minimum atomic E-state index is -0.789. The van der Waals surface area contributed by atoms with Crippen molar-refractivity contribution in [1.82, 2.24) is 10.2 Å². The Morgan fingerprint density at radius 2 is 2.17 bits per heavy atom. The van der Waals surface area contributed by atoms with Gasteiger partial charge in [-0.1, -0.05) is 12.5 Å². The smallest absolute Gasteiger partial charge is 0.317 e. The summed E-state index contributed by atoms with van der Waals surface area (Å²) in [5.74, 6) is -0.789. The summed E-state index contributed by atoms with van der Waals surface area (Å²) in [7, 11) is 0. The maximum Gasteiger partial charge on any atom is 0.317 e. The normalized spacial score (nSPS) is 16.5. The van der Waals surface area contributed by atoms with Gasteiger partial charge in [-0.2, -0.15) is 0 Å². The standard InChI is InChI=1S/C13H22N2O3/c1-3-8-15(4-2)12(18)14-10-13(6-5-7-13)9-11(16)17/h3H,1,4-10H2,2H3,(H,14,18)(H,16,17). The molecule has 1 rings (SSSR count). The van der Waals surface area contributed by atoms with Crippen LogP contribution in [0.2, 0.25) is 0 Å². The molecule has 0 radical (unpaired) electrons. The highest BCUT2D eigenvalue weighted by Crippen LogP contribution is 2.43. The molecule has 5 heteroatoms. The number of hydrogen-bond acceptors (Lipinski definition) is 2. The van der Waals surface area contributed by atoms with E-state index in [-0.39, 0.29) is 17.9 Å². The zero-order valence-corrected chi connectivity index (χ0v) is 10.9. The second-order valence-electron chi connectivity index (χ2n) is 4.91. The molecule has 0 unspecified atom stereocenters. The average molecular weight is 254 g/mol. The second-order valence-corrected chi connectivity index (χ2v) is 4.91. The van der Waals surface area contributed by atoms with Crippen molar-refractivity contribution < 1.29 is 14.7 Å². The van der Waals surface area contributed by atoms with Gasteiger partial charge in [0.25, 0.3) is 0 Å². The Kier molecular flexibility index (Phi) is 5.19. The molecule has 1 aliphatic rings. The lowest BCUT2D eigenvalue weighted by Crippen LogP contribution is -2.48. The Bertz CT molecular complexity index is 324. The molecule has 1 aliphatic carbocycles. The molecule has 0 aromatic heterocycles. The third kappa shape index (κ3) is 3.75. The highest BCUT2D eigenvalue weighted by atomic mass is 16.4. The first kappa shape index (κ1) is 14.5. The number of aliphatic carboxylic acids is 1. The molecule has 0 saturated heterocycles. The summed E-state index contributed by atoms with van der Waals surface area (Å²) < 4.78 is 0. The van der Waals surface area contributed by atoms with Crippen LogP contribution in [0.4, 0.5) is 4.79 Å². The molecule has 2 N–H and O–H groups in total. The first-order chi connectivity index (χ1) is 8.53. The van der Waals surface area contributed by atoms with Crippen LogP contribution in [0.25, 0.3) is 0 Å². The maximum absolute atomic E-state index is 11.9. The Hall–Kier alpha value is -1.52. The van der Waals surface area contributed by atoms with Crippen LogP contribution < -0.4 is 5.32 Å². The van der Waals surface area contributed by atoms with Crippen molar-refractivity contribution in [3.63, 3.8) is 0 Å². The first-order valence-corrected chi connectivity index (χ1v) is 6.38. The summed E-state index contributed by atoms with van der Waals surface area (Å²) in [5, 5.41) is 11.7. The molecule has 18 heavy (non-hydrogen) atoms. The van der Waals surface area contributed by atoms with Crippen LogP contribution in [-0.4, -0.2) is 41.6 Å². The van der Waals surface area contributed by atoms with E-state index in [1.807, 2.05) is 6.92 Å². The fourth-order valence-corrected chi connectivity index (χ4v) is 2.30. The number of urea groups is 1. The Morgan fingerprint density at radius 3 is 2.56 bits per heavy atom. The number of nitrogens with one attached hydrogen (secondary N) is 1. The van der Waals surface area contributed by atoms with Gasteiger partial charge in [-0.15, -0.1) is 6.58 Å². The minimum Gasteiger partial charge on any atom is -0.481 e. The summed E-state index contributed by atoms with van der Waals surface area (Å²) in [5.41, 5.74) is -0.227. The van der Waals surface area contributed by atoms with Gasteiger partial charge in [0, 0.05) is 19.6 Å². The molecule has 0 aliphatic heterocycles. The fourth-order valence-electron chi connectivity index (χ4n) is 2.30. The predicted molar refractivity (Wildman–Crippen MR) is 69.4 cm³/mol. The van der Waals surface area contributed by atoms with Gasteiger partial charge in [0.05, 0.1) is 6.42 Å². The van der Waals surface area contributed by atoms with Crippen molar-refractivity contribution in [2.75, 3.05) is 19.6 Å². The molecular weight excluding hydrogens is 232 g/mol. The largest absolute Gasteiger partial charge is 0.481 e. The molecular formula is C13H22N2O3. The number of rotatable bonds is 7. The van der Waals surface area contributed by atoms with E-state index in [4.69, 9.17) is 5.11 Å². The quantitative estimate of drug-likeness (QED) is 0.681. The number of carbonyl (C=O) groups is 2. The number of hydrogen-bond donors (Lipinski definition) is 2. The number of nitrogens with zero attached hydrogens (tertiary/aromatic N) is 1. The number of amides is 2. The van der Waals surface area contributed by atoms with E-state index in [0.717, 1.165) is 19.3 Å². The molecule has 0 aromatic carbocycles. The fraction of sp³-hybridized carbons (Fsp3) is 0.692. The van der Waals surface area contributed by atoms with Crippen molar-refractivity contribution in [3.05, 3.63) is 12.7 Å². The van der Waals surface area contributed by atoms with Crippen LogP contribution in [0.3, 0.4) is 0 Å². The molecule has 0 bridgehead atoms. The van der Waals surface area contributed by atoms with Gasteiger partial charge >= 0.3 is 12.0 Å². The molecule has 2 amide bonds. The zero-order chi connectivity index (χ0) is 13.6. The second kappa shape index (κ2) is 6.42. The maximum atomic E-state index is 11.9. The first-order valence-electron chi connectivity index (χ1n) is 6.38. The highest BCUT2D eigenvalue weighted by molar-refractivity contribution is 5.74. The van der Waals surface area contributed by atoms with Gasteiger partial charge in [0.15, 0.2) is 0 Å². The van der Waals surface area contributed by atoms with Gasteiger partial charge in [0.1, 0.15) is 0 Å². The molecule has 0 aromatic rings. The third-order valence-corrected chi connectivity index (χ3v) is 3.57. The van der Waals surface area contributed by atoms with E-state index in [2.05, 4.69) is 11.9 Å². The van der Waals surface area contributed by atoms with Crippen molar-refractivity contribution in [1.29, 1.82) is 0 Å². The van der Waals surface area contributed by atoms with Gasteiger partial charge in [0.2, 0.25) is 0 Å². The van der Waals surface area contributed by atoms with E-state index >= 15 is 0 Å². The summed E-state index contributed by atoms with van der Waals surface area (Å²) in [6.07, 6.45) is 4.63. The third-order valence-electron chi connectivity index (χ3n) is 3.57. The van der Waals surface area contributed by atoms with Crippen LogP contribution in [0, 0.1) is 5.41 Å². The Balaban J connectivity index is 2.44. The lowest BCUT2D eigenvalue weighted by atomic mass is 9.66. The molecule has 1 saturated carbocycles. The van der Waals surface area contributed by atoms with E-state index < -0.39 is 5.97 Å². The molecule has 5 nitrogen and oxygen atoms in total. The summed E-state index contributed by atoms with van der Waals surface area (Å²) in [4.78, 5) is 24.3. The van der Waals surface area contributed by atoms with Crippen LogP contribution in [0.15, 0.2) is 12.7 Å². The summed E-state index contributed by atoms with van der Waals surface area (Å²) >= 11 is 0. The molecule has 0 atom stereocenters. The van der Waals surface area contributed by atoms with Crippen LogP contribution in [-0.2, 0) is 4.79 Å². The van der Waals surface area contributed by atoms with Gasteiger partial charge in [-0.3, -0.25) is 4.79 Å². The summed E-state index contributed by atoms with van der Waals surface area (Å²) in [6.45, 7) is 7.08. The molecule has 102 valence electrons. The van der Waals surface area contributed by atoms with Gasteiger partial charge in [-0.05, 0) is 25.2 Å². The van der Waals surface area contributed by atoms with Crippen LogP contribution >= 0.6 is 0 Å². The van der Waals surface area contributed by atoms with Crippen molar-refractivity contribution in [3.8, 4) is 0 Å². The van der Waals surface area contributed by atoms with Crippen LogP contribution in [0.1, 0.15) is 32.6 Å². The monoisotopic (exact) mass is 254 g/mol. The van der Waals surface area contributed by atoms with E-state index in [1.165, 1.54) is 0 Å². The Morgan fingerprint density at radius 1 is 1.50 bits per heavy atom. The van der Waals surface area contributed by atoms with Crippen molar-refractivity contribution >= 4 is 12.0 Å². The molecule has 0 spiro atoms. The van der Waals surface area contributed by atoms with Crippen LogP contribution in [0.5, 0.6) is 0 Å². The Labute approximate surface area is 108 Å². The molecule has 1 fully saturated rings. The van der Waals surface area contributed by atoms with E-state index in [9.17, 15) is 9.59 Å². The highest BCUT2D eigenvalue weighted by Gasteiger charge is 2.39. The average Bonchev–Trinajstić information content (AvgIpc) is 2.28. The number of carboxylic acids is 1. The van der Waals surface area contributed by atoms with E-state index in [1.54, 1.807) is 11.0 Å². The zero-order valence-electron chi connectivity index (χ0n) is 10.9. The summed E-state index contributed by atoms with van der Waals surface area (Å²) in [6, 6.07) is -0.144. The number of carbonyl (C=O) groups excluding carboxylic acids is 1. The lowest BCUT2D eigenvalue weighted by Gasteiger charge is -2.41. The van der Waals surface area contributed by atoms with Gasteiger partial charge < -0.3 is 15.3 Å². The number of carboxylic acid groups (broad SMARTS) is 1.